The summed E-state index contributed by atoms with van der Waals surface area (Å²) in [6.45, 7) is 0.793. The SMILES string of the molecule is O=C(O)[C@H](Cc1ccc2c(c1)CCC2)NCCNC(=O)[C@@H]1CN(C(=O)C2CC2)C[C@H]1c1ccc(F)cc1F. The van der Waals surface area contributed by atoms with Crippen LogP contribution in [0.15, 0.2) is 36.4 Å². The molecule has 2 aromatic carbocycles. The molecule has 0 bridgehead atoms. The number of nitrogens with zero attached hydrogens (tertiary/aromatic N) is 1. The van der Waals surface area contributed by atoms with Gasteiger partial charge in [-0.3, -0.25) is 14.4 Å². The predicted octanol–water partition coefficient (Wildman–Crippen LogP) is 2.81. The maximum absolute atomic E-state index is 14.6. The molecule has 2 aromatic rings. The first-order chi connectivity index (χ1) is 18.3. The summed E-state index contributed by atoms with van der Waals surface area (Å²) in [5.41, 5.74) is 3.80. The van der Waals surface area contributed by atoms with E-state index in [-0.39, 0.29) is 49.5 Å². The number of aliphatic carboxylic acids is 1. The van der Waals surface area contributed by atoms with Gasteiger partial charge in [0.25, 0.3) is 0 Å². The van der Waals surface area contributed by atoms with Gasteiger partial charge in [-0.1, -0.05) is 24.3 Å². The molecule has 3 aliphatic rings. The average Bonchev–Trinajstić information content (AvgIpc) is 3.47. The van der Waals surface area contributed by atoms with Crippen LogP contribution in [0.25, 0.3) is 0 Å². The van der Waals surface area contributed by atoms with Crippen molar-refractivity contribution in [2.45, 2.75) is 50.5 Å². The molecular weight excluding hydrogens is 492 g/mol. The Morgan fingerprint density at radius 2 is 1.79 bits per heavy atom. The van der Waals surface area contributed by atoms with Crippen molar-refractivity contribution in [2.24, 2.45) is 11.8 Å². The summed E-state index contributed by atoms with van der Waals surface area (Å²) >= 11 is 0. The number of likely N-dealkylation sites (tertiary alicyclic amines) is 1. The predicted molar refractivity (Wildman–Crippen MR) is 137 cm³/mol. The Hall–Kier alpha value is -3.33. The van der Waals surface area contributed by atoms with Crippen LogP contribution < -0.4 is 10.6 Å². The number of carboxylic acids is 1. The topological polar surface area (TPSA) is 98.7 Å². The molecule has 0 unspecified atom stereocenters. The minimum absolute atomic E-state index is 0.0228. The number of carboxylic acid groups (broad SMARTS) is 1. The zero-order chi connectivity index (χ0) is 26.8. The number of aryl methyl sites for hydroxylation is 2. The number of carbonyl (C=O) groups excluding carboxylic acids is 2. The highest BCUT2D eigenvalue weighted by Gasteiger charge is 2.44. The monoisotopic (exact) mass is 525 g/mol. The van der Waals surface area contributed by atoms with Crippen LogP contribution in [0.5, 0.6) is 0 Å². The van der Waals surface area contributed by atoms with Crippen molar-refractivity contribution in [3.05, 3.63) is 70.3 Å². The normalized spacial score (nSPS) is 21.3. The fraction of sp³-hybridized carbons (Fsp3) is 0.483. The molecule has 38 heavy (non-hydrogen) atoms. The van der Waals surface area contributed by atoms with Crippen LogP contribution in [0.2, 0.25) is 0 Å². The third kappa shape index (κ3) is 5.88. The quantitative estimate of drug-likeness (QED) is 0.415. The number of halogens is 2. The molecule has 2 fully saturated rings. The highest BCUT2D eigenvalue weighted by Crippen LogP contribution is 2.38. The summed E-state index contributed by atoms with van der Waals surface area (Å²) in [5.74, 6) is -4.05. The molecule has 9 heteroatoms. The standard InChI is InChI=1S/C29H33F2N3O4/c30-21-8-9-22(25(31)14-21)23-15-34(28(36)19-6-7-19)16-24(23)27(35)33-11-10-32-26(29(37)38)13-17-4-5-18-2-1-3-20(18)12-17/h4-5,8-9,12,14,19,23-24,26,32H,1-3,6-7,10-11,13,15-16H2,(H,33,35)(H,37,38)/t23-,24+,26-/m0/s1. The van der Waals surface area contributed by atoms with E-state index in [9.17, 15) is 28.3 Å². The van der Waals surface area contributed by atoms with E-state index in [1.54, 1.807) is 4.90 Å². The first-order valence-electron chi connectivity index (χ1n) is 13.4. The van der Waals surface area contributed by atoms with Gasteiger partial charge in [0, 0.05) is 44.1 Å². The Balaban J connectivity index is 1.18. The van der Waals surface area contributed by atoms with Gasteiger partial charge in [0.1, 0.15) is 17.7 Å². The molecule has 202 valence electrons. The first-order valence-corrected chi connectivity index (χ1v) is 13.4. The summed E-state index contributed by atoms with van der Waals surface area (Å²) in [5, 5.41) is 15.5. The third-order valence-electron chi connectivity index (χ3n) is 7.97. The van der Waals surface area contributed by atoms with Crippen molar-refractivity contribution in [3.63, 3.8) is 0 Å². The van der Waals surface area contributed by atoms with Gasteiger partial charge in [-0.05, 0) is 66.8 Å². The van der Waals surface area contributed by atoms with E-state index in [4.69, 9.17) is 0 Å². The lowest BCUT2D eigenvalue weighted by atomic mass is 9.88. The molecule has 5 rings (SSSR count). The van der Waals surface area contributed by atoms with Gasteiger partial charge in [-0.15, -0.1) is 0 Å². The largest absolute Gasteiger partial charge is 0.480 e. The van der Waals surface area contributed by atoms with Gasteiger partial charge in [0.05, 0.1) is 5.92 Å². The maximum Gasteiger partial charge on any atom is 0.321 e. The van der Waals surface area contributed by atoms with Crippen LogP contribution in [0.3, 0.4) is 0 Å². The second kappa shape index (κ2) is 11.2. The van der Waals surface area contributed by atoms with E-state index < -0.39 is 35.5 Å². The van der Waals surface area contributed by atoms with Crippen molar-refractivity contribution >= 4 is 17.8 Å². The van der Waals surface area contributed by atoms with E-state index in [1.807, 2.05) is 6.07 Å². The fourth-order valence-corrected chi connectivity index (χ4v) is 5.75. The molecule has 2 amide bonds. The van der Waals surface area contributed by atoms with E-state index in [0.29, 0.717) is 6.42 Å². The van der Waals surface area contributed by atoms with Crippen LogP contribution in [-0.4, -0.2) is 60.0 Å². The number of carbonyl (C=O) groups is 3. The van der Waals surface area contributed by atoms with E-state index in [2.05, 4.69) is 22.8 Å². The Morgan fingerprint density at radius 1 is 1.00 bits per heavy atom. The maximum atomic E-state index is 14.6. The summed E-state index contributed by atoms with van der Waals surface area (Å²) in [4.78, 5) is 39.3. The third-order valence-corrected chi connectivity index (χ3v) is 7.97. The number of hydrogen-bond acceptors (Lipinski definition) is 4. The fourth-order valence-electron chi connectivity index (χ4n) is 5.75. The van der Waals surface area contributed by atoms with Crippen LogP contribution in [0.4, 0.5) is 8.78 Å². The molecule has 3 atom stereocenters. The number of amides is 2. The van der Waals surface area contributed by atoms with Gasteiger partial charge in [-0.2, -0.15) is 0 Å². The summed E-state index contributed by atoms with van der Waals surface area (Å²) in [6, 6.07) is 8.65. The molecule has 1 saturated heterocycles. The molecule has 1 aliphatic heterocycles. The molecule has 0 aromatic heterocycles. The zero-order valence-electron chi connectivity index (χ0n) is 21.2. The number of fused-ring (bicyclic) bond motifs is 1. The molecular formula is C29H33F2N3O4. The Labute approximate surface area is 220 Å². The van der Waals surface area contributed by atoms with E-state index in [1.165, 1.54) is 17.2 Å². The van der Waals surface area contributed by atoms with Crippen LogP contribution in [0.1, 0.15) is 47.4 Å². The molecule has 3 N–H and O–H groups in total. The first kappa shape index (κ1) is 26.3. The lowest BCUT2D eigenvalue weighted by Gasteiger charge is -2.19. The summed E-state index contributed by atoms with van der Waals surface area (Å²) in [6.07, 6.45) is 5.20. The van der Waals surface area contributed by atoms with Crippen molar-refractivity contribution in [1.82, 2.24) is 15.5 Å². The number of benzene rings is 2. The summed E-state index contributed by atoms with van der Waals surface area (Å²) in [7, 11) is 0. The van der Waals surface area contributed by atoms with Gasteiger partial charge < -0.3 is 20.6 Å². The lowest BCUT2D eigenvalue weighted by molar-refractivity contribution is -0.139. The highest BCUT2D eigenvalue weighted by molar-refractivity contribution is 5.85. The second-order valence-corrected chi connectivity index (χ2v) is 10.7. The van der Waals surface area contributed by atoms with Crippen molar-refractivity contribution < 1.29 is 28.3 Å². The van der Waals surface area contributed by atoms with Crippen molar-refractivity contribution in [2.75, 3.05) is 26.2 Å². The van der Waals surface area contributed by atoms with Crippen LogP contribution in [-0.2, 0) is 33.6 Å². The molecule has 0 radical (unpaired) electrons. The molecule has 0 spiro atoms. The zero-order valence-corrected chi connectivity index (χ0v) is 21.2. The lowest BCUT2D eigenvalue weighted by Crippen LogP contribution is -2.44. The number of hydrogen-bond donors (Lipinski definition) is 3. The molecule has 1 saturated carbocycles. The Kier molecular flexibility index (Phi) is 7.74. The molecule has 7 nitrogen and oxygen atoms in total. The number of nitrogens with one attached hydrogen (secondary N) is 2. The van der Waals surface area contributed by atoms with Gasteiger partial charge in [-0.25, -0.2) is 8.78 Å². The highest BCUT2D eigenvalue weighted by atomic mass is 19.1. The van der Waals surface area contributed by atoms with E-state index >= 15 is 0 Å². The van der Waals surface area contributed by atoms with E-state index in [0.717, 1.165) is 49.8 Å². The molecule has 1 heterocycles. The minimum atomic E-state index is -0.964. The van der Waals surface area contributed by atoms with Crippen molar-refractivity contribution in [1.29, 1.82) is 0 Å². The number of rotatable bonds is 10. The smallest absolute Gasteiger partial charge is 0.321 e. The Morgan fingerprint density at radius 3 is 2.53 bits per heavy atom. The van der Waals surface area contributed by atoms with Gasteiger partial charge >= 0.3 is 5.97 Å². The van der Waals surface area contributed by atoms with Gasteiger partial charge in [0.2, 0.25) is 11.8 Å². The molecule has 2 aliphatic carbocycles. The van der Waals surface area contributed by atoms with Crippen LogP contribution >= 0.6 is 0 Å². The van der Waals surface area contributed by atoms with Crippen molar-refractivity contribution in [3.8, 4) is 0 Å². The Bertz CT molecular complexity index is 1230. The summed E-state index contributed by atoms with van der Waals surface area (Å²) < 4.78 is 28.1. The average molecular weight is 526 g/mol. The minimum Gasteiger partial charge on any atom is -0.480 e. The van der Waals surface area contributed by atoms with Gasteiger partial charge in [0.15, 0.2) is 0 Å². The van der Waals surface area contributed by atoms with Crippen LogP contribution in [0, 0.1) is 23.5 Å². The second-order valence-electron chi connectivity index (χ2n) is 10.7.